The monoisotopic (exact) mass is 409 g/mol. The number of aromatic hydroxyl groups is 1. The zero-order valence-electron chi connectivity index (χ0n) is 16.3. The highest BCUT2D eigenvalue weighted by molar-refractivity contribution is 6.07. The van der Waals surface area contributed by atoms with E-state index in [9.17, 15) is 19.1 Å². The molecule has 1 fully saturated rings. The first-order valence-corrected chi connectivity index (χ1v) is 9.48. The summed E-state index contributed by atoms with van der Waals surface area (Å²) in [5.74, 6) is -0.977. The Morgan fingerprint density at radius 2 is 2.07 bits per heavy atom. The van der Waals surface area contributed by atoms with E-state index in [-0.39, 0.29) is 41.2 Å². The number of hydrogen-bond acceptors (Lipinski definition) is 5. The van der Waals surface area contributed by atoms with E-state index in [1.807, 2.05) is 0 Å². The SMILES string of the molecule is CN(Cc1ccc(F)cc1)C(=O)c1nc(N2CCCNC2=O)c2cccnc2c1O. The molecule has 0 bridgehead atoms. The Morgan fingerprint density at radius 3 is 2.80 bits per heavy atom. The highest BCUT2D eigenvalue weighted by Crippen LogP contribution is 2.33. The van der Waals surface area contributed by atoms with Gasteiger partial charge in [-0.3, -0.25) is 14.7 Å². The molecule has 0 unspecified atom stereocenters. The fraction of sp³-hybridized carbons (Fsp3) is 0.238. The summed E-state index contributed by atoms with van der Waals surface area (Å²) < 4.78 is 13.1. The lowest BCUT2D eigenvalue weighted by Gasteiger charge is -2.28. The zero-order chi connectivity index (χ0) is 21.3. The molecule has 0 radical (unpaired) electrons. The molecule has 0 saturated carbocycles. The average Bonchev–Trinajstić information content (AvgIpc) is 2.76. The van der Waals surface area contributed by atoms with Gasteiger partial charge >= 0.3 is 6.03 Å². The second-order valence-electron chi connectivity index (χ2n) is 7.06. The van der Waals surface area contributed by atoms with Crippen LogP contribution in [0.4, 0.5) is 15.0 Å². The summed E-state index contributed by atoms with van der Waals surface area (Å²) in [6.07, 6.45) is 2.22. The molecule has 3 aromatic rings. The largest absolute Gasteiger partial charge is 0.504 e. The van der Waals surface area contributed by atoms with Gasteiger partial charge in [0.25, 0.3) is 5.91 Å². The Balaban J connectivity index is 1.74. The molecule has 30 heavy (non-hydrogen) atoms. The Hall–Kier alpha value is -3.75. The number of carbonyl (C=O) groups excluding carboxylic acids is 2. The van der Waals surface area contributed by atoms with Gasteiger partial charge in [0.1, 0.15) is 17.2 Å². The Bertz CT molecular complexity index is 1120. The molecule has 0 atom stereocenters. The highest BCUT2D eigenvalue weighted by Gasteiger charge is 2.28. The van der Waals surface area contributed by atoms with Crippen molar-refractivity contribution < 1.29 is 19.1 Å². The van der Waals surface area contributed by atoms with Gasteiger partial charge in [0.2, 0.25) is 0 Å². The van der Waals surface area contributed by atoms with Crippen molar-refractivity contribution >= 4 is 28.7 Å². The van der Waals surface area contributed by atoms with E-state index < -0.39 is 5.91 Å². The quantitative estimate of drug-likeness (QED) is 0.690. The van der Waals surface area contributed by atoms with Crippen LogP contribution in [-0.4, -0.2) is 52.0 Å². The van der Waals surface area contributed by atoms with Gasteiger partial charge in [-0.1, -0.05) is 12.1 Å². The Kier molecular flexibility index (Phi) is 5.18. The highest BCUT2D eigenvalue weighted by atomic mass is 19.1. The van der Waals surface area contributed by atoms with E-state index in [0.29, 0.717) is 18.5 Å². The molecule has 4 rings (SSSR count). The molecule has 2 N–H and O–H groups in total. The molecular weight excluding hydrogens is 389 g/mol. The molecule has 1 saturated heterocycles. The number of aromatic nitrogens is 2. The fourth-order valence-electron chi connectivity index (χ4n) is 3.41. The summed E-state index contributed by atoms with van der Waals surface area (Å²) in [4.78, 5) is 36.8. The second-order valence-corrected chi connectivity index (χ2v) is 7.06. The molecule has 154 valence electrons. The Morgan fingerprint density at radius 1 is 1.30 bits per heavy atom. The van der Waals surface area contributed by atoms with Gasteiger partial charge in [-0.25, -0.2) is 14.2 Å². The first-order chi connectivity index (χ1) is 14.5. The van der Waals surface area contributed by atoms with Gasteiger partial charge in [-0.2, -0.15) is 0 Å². The number of hydrogen-bond donors (Lipinski definition) is 2. The number of urea groups is 1. The summed E-state index contributed by atoms with van der Waals surface area (Å²) in [5.41, 5.74) is 0.722. The number of nitrogens with zero attached hydrogens (tertiary/aromatic N) is 4. The van der Waals surface area contributed by atoms with Gasteiger partial charge in [-0.15, -0.1) is 0 Å². The third-order valence-electron chi connectivity index (χ3n) is 4.93. The van der Waals surface area contributed by atoms with E-state index in [2.05, 4.69) is 15.3 Å². The van der Waals surface area contributed by atoms with Crippen LogP contribution in [0.1, 0.15) is 22.5 Å². The molecule has 2 aromatic heterocycles. The first kappa shape index (κ1) is 19.6. The predicted molar refractivity (Wildman–Crippen MR) is 109 cm³/mol. The van der Waals surface area contributed by atoms with E-state index in [1.54, 1.807) is 31.3 Å². The third-order valence-corrected chi connectivity index (χ3v) is 4.93. The number of carbonyl (C=O) groups is 2. The van der Waals surface area contributed by atoms with E-state index in [4.69, 9.17) is 0 Å². The predicted octanol–water partition coefficient (Wildman–Crippen LogP) is 2.67. The maximum atomic E-state index is 13.1. The molecule has 1 aliphatic rings. The molecule has 0 aliphatic carbocycles. The molecule has 3 amide bonds. The molecule has 1 aromatic carbocycles. The van der Waals surface area contributed by atoms with Gasteiger partial charge in [0, 0.05) is 38.3 Å². The summed E-state index contributed by atoms with van der Waals surface area (Å²) >= 11 is 0. The number of rotatable bonds is 4. The van der Waals surface area contributed by atoms with E-state index >= 15 is 0 Å². The van der Waals surface area contributed by atoms with Crippen LogP contribution in [0.3, 0.4) is 0 Å². The lowest BCUT2D eigenvalue weighted by Crippen LogP contribution is -2.47. The molecule has 3 heterocycles. The van der Waals surface area contributed by atoms with E-state index in [0.717, 1.165) is 12.0 Å². The van der Waals surface area contributed by atoms with Crippen molar-refractivity contribution in [3.63, 3.8) is 0 Å². The van der Waals surface area contributed by atoms with Crippen molar-refractivity contribution in [1.29, 1.82) is 0 Å². The maximum absolute atomic E-state index is 13.1. The van der Waals surface area contributed by atoms with Gasteiger partial charge in [0.15, 0.2) is 11.4 Å². The minimum Gasteiger partial charge on any atom is -0.504 e. The third kappa shape index (κ3) is 3.61. The van der Waals surface area contributed by atoms with Crippen LogP contribution in [0.15, 0.2) is 42.6 Å². The van der Waals surface area contributed by atoms with Gasteiger partial charge in [0.05, 0.1) is 0 Å². The summed E-state index contributed by atoms with van der Waals surface area (Å²) in [6, 6.07) is 8.85. The van der Waals surface area contributed by atoms with Crippen LogP contribution in [0.2, 0.25) is 0 Å². The van der Waals surface area contributed by atoms with Crippen LogP contribution in [0.5, 0.6) is 5.75 Å². The zero-order valence-corrected chi connectivity index (χ0v) is 16.3. The van der Waals surface area contributed by atoms with Gasteiger partial charge in [-0.05, 0) is 36.2 Å². The molecule has 0 spiro atoms. The normalized spacial score (nSPS) is 13.9. The van der Waals surface area contributed by atoms with Crippen molar-refractivity contribution in [2.24, 2.45) is 0 Å². The van der Waals surface area contributed by atoms with Crippen LogP contribution in [0, 0.1) is 5.82 Å². The fourth-order valence-corrected chi connectivity index (χ4v) is 3.41. The molecular formula is C21H20FN5O3. The number of benzene rings is 1. The minimum atomic E-state index is -0.539. The van der Waals surface area contributed by atoms with Crippen molar-refractivity contribution in [2.75, 3.05) is 25.0 Å². The smallest absolute Gasteiger partial charge is 0.323 e. The molecule has 8 nitrogen and oxygen atoms in total. The standard InChI is InChI=1S/C21H20FN5O3/c1-26(12-13-5-7-14(22)8-6-13)20(29)17-18(28)16-15(4-2-9-23-16)19(25-17)27-11-3-10-24-21(27)30/h2,4-9,28H,3,10-12H2,1H3,(H,24,30). The molecule has 9 heteroatoms. The number of pyridine rings is 2. The van der Waals surface area contributed by atoms with E-state index in [1.165, 1.54) is 28.1 Å². The molecule has 1 aliphatic heterocycles. The van der Waals surface area contributed by atoms with Crippen LogP contribution in [-0.2, 0) is 6.54 Å². The summed E-state index contributed by atoms with van der Waals surface area (Å²) in [6.45, 7) is 1.20. The number of halogens is 1. The topological polar surface area (TPSA) is 98.7 Å². The Labute approximate surface area is 172 Å². The van der Waals surface area contributed by atoms with Crippen LogP contribution >= 0.6 is 0 Å². The number of nitrogens with one attached hydrogen (secondary N) is 1. The van der Waals surface area contributed by atoms with Crippen LogP contribution < -0.4 is 10.2 Å². The van der Waals surface area contributed by atoms with Crippen molar-refractivity contribution in [2.45, 2.75) is 13.0 Å². The second kappa shape index (κ2) is 7.94. The summed E-state index contributed by atoms with van der Waals surface area (Å²) in [7, 11) is 1.56. The lowest BCUT2D eigenvalue weighted by atomic mass is 10.1. The minimum absolute atomic E-state index is 0.194. The first-order valence-electron chi connectivity index (χ1n) is 9.48. The number of amides is 3. The maximum Gasteiger partial charge on any atom is 0.323 e. The van der Waals surface area contributed by atoms with Crippen molar-refractivity contribution in [1.82, 2.24) is 20.2 Å². The van der Waals surface area contributed by atoms with Crippen molar-refractivity contribution in [3.05, 3.63) is 59.7 Å². The number of fused-ring (bicyclic) bond motifs is 1. The van der Waals surface area contributed by atoms with Crippen molar-refractivity contribution in [3.8, 4) is 5.75 Å². The average molecular weight is 409 g/mol. The lowest BCUT2D eigenvalue weighted by molar-refractivity contribution is 0.0776. The van der Waals surface area contributed by atoms with Gasteiger partial charge < -0.3 is 15.3 Å². The summed E-state index contributed by atoms with van der Waals surface area (Å²) in [5, 5.41) is 14.0. The van der Waals surface area contributed by atoms with Crippen LogP contribution in [0.25, 0.3) is 10.9 Å². The number of anilines is 1.